The third kappa shape index (κ3) is 2.34. The van der Waals surface area contributed by atoms with Crippen molar-refractivity contribution < 1.29 is 0 Å². The molecule has 0 aromatic heterocycles. The molecule has 0 aromatic carbocycles. The minimum Gasteiger partial charge on any atom is -0.311 e. The highest BCUT2D eigenvalue weighted by Gasteiger charge is 2.47. The van der Waals surface area contributed by atoms with Crippen molar-refractivity contribution in [2.75, 3.05) is 6.54 Å². The van der Waals surface area contributed by atoms with Crippen LogP contribution < -0.4 is 5.32 Å². The standard InChI is InChI=1S/C16H30N2/c1-4-9-18(12(2)16(3)7-8-16)15-10-13-5-6-14(11-15)17-13/h12-15,17H,4-11H2,1-3H3. The lowest BCUT2D eigenvalue weighted by atomic mass is 9.92. The van der Waals surface area contributed by atoms with E-state index in [4.69, 9.17) is 0 Å². The fourth-order valence-electron chi connectivity index (χ4n) is 4.26. The van der Waals surface area contributed by atoms with Gasteiger partial charge >= 0.3 is 0 Å². The lowest BCUT2D eigenvalue weighted by molar-refractivity contribution is 0.0677. The van der Waals surface area contributed by atoms with Crippen LogP contribution >= 0.6 is 0 Å². The van der Waals surface area contributed by atoms with E-state index in [-0.39, 0.29) is 0 Å². The predicted molar refractivity (Wildman–Crippen MR) is 76.8 cm³/mol. The van der Waals surface area contributed by atoms with Crippen molar-refractivity contribution >= 4 is 0 Å². The Kier molecular flexibility index (Phi) is 3.44. The van der Waals surface area contributed by atoms with Crippen LogP contribution in [-0.4, -0.2) is 35.6 Å². The van der Waals surface area contributed by atoms with Gasteiger partial charge in [0.15, 0.2) is 0 Å². The highest BCUT2D eigenvalue weighted by atomic mass is 15.2. The molecule has 3 fully saturated rings. The molecule has 3 rings (SSSR count). The van der Waals surface area contributed by atoms with Crippen LogP contribution in [0.1, 0.15) is 65.7 Å². The zero-order valence-electron chi connectivity index (χ0n) is 12.4. The summed E-state index contributed by atoms with van der Waals surface area (Å²) in [5.74, 6) is 0. The van der Waals surface area contributed by atoms with Crippen molar-refractivity contribution in [3.8, 4) is 0 Å². The molecule has 3 atom stereocenters. The monoisotopic (exact) mass is 250 g/mol. The Labute approximate surface area is 113 Å². The molecule has 1 aliphatic carbocycles. The number of rotatable bonds is 5. The summed E-state index contributed by atoms with van der Waals surface area (Å²) in [6.45, 7) is 8.63. The SMILES string of the molecule is CCCN(C1CC2CCC(C1)N2)C(C)C1(C)CC1. The second-order valence-corrected chi connectivity index (χ2v) is 7.33. The molecular formula is C16H30N2. The number of nitrogens with one attached hydrogen (secondary N) is 1. The molecule has 3 aliphatic rings. The second kappa shape index (κ2) is 4.79. The minimum absolute atomic E-state index is 0.638. The second-order valence-electron chi connectivity index (χ2n) is 7.33. The van der Waals surface area contributed by atoms with Crippen molar-refractivity contribution in [2.24, 2.45) is 5.41 Å². The first kappa shape index (κ1) is 12.9. The molecule has 18 heavy (non-hydrogen) atoms. The first-order chi connectivity index (χ1) is 8.62. The fraction of sp³-hybridized carbons (Fsp3) is 1.00. The van der Waals surface area contributed by atoms with E-state index in [1.165, 1.54) is 51.5 Å². The molecule has 0 spiro atoms. The number of hydrogen-bond donors (Lipinski definition) is 1. The van der Waals surface area contributed by atoms with E-state index in [1.807, 2.05) is 0 Å². The molecule has 1 saturated carbocycles. The molecule has 0 amide bonds. The topological polar surface area (TPSA) is 15.3 Å². The third-order valence-electron chi connectivity index (χ3n) is 5.94. The van der Waals surface area contributed by atoms with Crippen molar-refractivity contribution in [3.05, 3.63) is 0 Å². The van der Waals surface area contributed by atoms with Crippen molar-refractivity contribution in [2.45, 2.75) is 89.9 Å². The van der Waals surface area contributed by atoms with Crippen molar-refractivity contribution in [3.63, 3.8) is 0 Å². The van der Waals surface area contributed by atoms with Gasteiger partial charge in [-0.05, 0) is 63.8 Å². The minimum atomic E-state index is 0.638. The van der Waals surface area contributed by atoms with Crippen LogP contribution in [0, 0.1) is 5.41 Å². The maximum atomic E-state index is 3.78. The van der Waals surface area contributed by atoms with Gasteiger partial charge in [0.05, 0.1) is 0 Å². The van der Waals surface area contributed by atoms with Crippen LogP contribution in [0.5, 0.6) is 0 Å². The summed E-state index contributed by atoms with van der Waals surface area (Å²) >= 11 is 0. The molecule has 1 N–H and O–H groups in total. The average molecular weight is 250 g/mol. The number of fused-ring (bicyclic) bond motifs is 2. The van der Waals surface area contributed by atoms with Gasteiger partial charge in [0, 0.05) is 24.2 Å². The van der Waals surface area contributed by atoms with Crippen LogP contribution in [0.4, 0.5) is 0 Å². The highest BCUT2D eigenvalue weighted by molar-refractivity contribution is 5.02. The summed E-state index contributed by atoms with van der Waals surface area (Å²) in [6, 6.07) is 3.30. The molecule has 2 nitrogen and oxygen atoms in total. The summed E-state index contributed by atoms with van der Waals surface area (Å²) in [5, 5.41) is 3.78. The molecule has 104 valence electrons. The van der Waals surface area contributed by atoms with Gasteiger partial charge in [0.2, 0.25) is 0 Å². The van der Waals surface area contributed by atoms with Gasteiger partial charge in [0.25, 0.3) is 0 Å². The molecule has 2 aliphatic heterocycles. The lowest BCUT2D eigenvalue weighted by Gasteiger charge is -2.43. The zero-order valence-corrected chi connectivity index (χ0v) is 12.4. The summed E-state index contributed by atoms with van der Waals surface area (Å²) in [6.07, 6.45) is 9.85. The summed E-state index contributed by atoms with van der Waals surface area (Å²) in [7, 11) is 0. The summed E-state index contributed by atoms with van der Waals surface area (Å²) < 4.78 is 0. The Bertz CT molecular complexity index is 285. The first-order valence-electron chi connectivity index (χ1n) is 8.14. The molecule has 2 saturated heterocycles. The van der Waals surface area contributed by atoms with E-state index >= 15 is 0 Å². The van der Waals surface area contributed by atoms with Crippen LogP contribution in [0.25, 0.3) is 0 Å². The molecule has 2 heterocycles. The molecular weight excluding hydrogens is 220 g/mol. The van der Waals surface area contributed by atoms with Crippen LogP contribution in [0.2, 0.25) is 0 Å². The Morgan fingerprint density at radius 3 is 2.33 bits per heavy atom. The molecule has 0 aromatic rings. The zero-order chi connectivity index (χ0) is 12.8. The Hall–Kier alpha value is -0.0800. The smallest absolute Gasteiger partial charge is 0.0128 e. The summed E-state index contributed by atoms with van der Waals surface area (Å²) in [5.41, 5.74) is 0.638. The van der Waals surface area contributed by atoms with E-state index in [1.54, 1.807) is 0 Å². The van der Waals surface area contributed by atoms with Crippen molar-refractivity contribution in [1.82, 2.24) is 10.2 Å². The maximum Gasteiger partial charge on any atom is 0.0128 e. The maximum absolute atomic E-state index is 3.78. The first-order valence-corrected chi connectivity index (χ1v) is 8.14. The summed E-state index contributed by atoms with van der Waals surface area (Å²) in [4.78, 5) is 2.87. The number of hydrogen-bond acceptors (Lipinski definition) is 2. The molecule has 2 heteroatoms. The van der Waals surface area contributed by atoms with Crippen LogP contribution in [-0.2, 0) is 0 Å². The Balaban J connectivity index is 1.69. The lowest BCUT2D eigenvalue weighted by Crippen LogP contribution is -2.53. The van der Waals surface area contributed by atoms with Gasteiger partial charge in [-0.15, -0.1) is 0 Å². The third-order valence-corrected chi connectivity index (χ3v) is 5.94. The number of nitrogens with zero attached hydrogens (tertiary/aromatic N) is 1. The van der Waals surface area contributed by atoms with Crippen LogP contribution in [0.3, 0.4) is 0 Å². The highest BCUT2D eigenvalue weighted by Crippen LogP contribution is 2.50. The van der Waals surface area contributed by atoms with Gasteiger partial charge in [-0.3, -0.25) is 4.90 Å². The van der Waals surface area contributed by atoms with E-state index in [0.29, 0.717) is 5.41 Å². The van der Waals surface area contributed by atoms with Gasteiger partial charge in [0.1, 0.15) is 0 Å². The molecule has 2 bridgehead atoms. The van der Waals surface area contributed by atoms with Gasteiger partial charge in [-0.1, -0.05) is 13.8 Å². The quantitative estimate of drug-likeness (QED) is 0.806. The van der Waals surface area contributed by atoms with E-state index < -0.39 is 0 Å². The normalized spacial score (nSPS) is 39.0. The Morgan fingerprint density at radius 2 is 1.83 bits per heavy atom. The largest absolute Gasteiger partial charge is 0.311 e. The van der Waals surface area contributed by atoms with Gasteiger partial charge < -0.3 is 5.32 Å². The average Bonchev–Trinajstić information content (AvgIpc) is 3.03. The van der Waals surface area contributed by atoms with E-state index in [9.17, 15) is 0 Å². The Morgan fingerprint density at radius 1 is 1.22 bits per heavy atom. The molecule has 0 radical (unpaired) electrons. The van der Waals surface area contributed by atoms with Crippen LogP contribution in [0.15, 0.2) is 0 Å². The number of piperidine rings is 1. The van der Waals surface area contributed by atoms with E-state index in [2.05, 4.69) is 31.0 Å². The van der Waals surface area contributed by atoms with Crippen molar-refractivity contribution in [1.29, 1.82) is 0 Å². The fourth-order valence-corrected chi connectivity index (χ4v) is 4.26. The van der Waals surface area contributed by atoms with Gasteiger partial charge in [-0.25, -0.2) is 0 Å². The van der Waals surface area contributed by atoms with E-state index in [0.717, 1.165) is 24.2 Å². The molecule has 3 unspecified atom stereocenters. The van der Waals surface area contributed by atoms with Gasteiger partial charge in [-0.2, -0.15) is 0 Å². The predicted octanol–water partition coefficient (Wildman–Crippen LogP) is 3.17.